The Morgan fingerprint density at radius 1 is 1.44 bits per heavy atom. The maximum atomic E-state index is 9.59. The molecule has 0 unspecified atom stereocenters. The van der Waals surface area contributed by atoms with Crippen molar-refractivity contribution in [3.05, 3.63) is 0 Å². The Kier molecular flexibility index (Phi) is 1.08. The van der Waals surface area contributed by atoms with Crippen molar-refractivity contribution in [2.75, 3.05) is 13.1 Å². The predicted molar refractivity (Wildman–Crippen MR) is 35.2 cm³/mol. The number of hydrogen-bond acceptors (Lipinski definition) is 2. The lowest BCUT2D eigenvalue weighted by molar-refractivity contribution is 0.0914. The summed E-state index contributed by atoms with van der Waals surface area (Å²) >= 11 is 0. The highest BCUT2D eigenvalue weighted by Crippen LogP contribution is 2.44. The second-order valence-corrected chi connectivity index (χ2v) is 3.29. The van der Waals surface area contributed by atoms with Gasteiger partial charge in [0, 0.05) is 12.5 Å². The normalized spacial score (nSPS) is 39.0. The van der Waals surface area contributed by atoms with Gasteiger partial charge in [-0.05, 0) is 25.8 Å². The Bertz CT molecular complexity index is 114. The summed E-state index contributed by atoms with van der Waals surface area (Å²) in [5, 5.41) is 12.8. The standard InChI is InChI=1S/C7H13NO/c9-7(2-3-7)6-1-4-8-5-6/h6,8-9H,1-5H2/t6-/m1/s1. The molecule has 1 heterocycles. The van der Waals surface area contributed by atoms with Crippen LogP contribution >= 0.6 is 0 Å². The van der Waals surface area contributed by atoms with Gasteiger partial charge in [0.2, 0.25) is 0 Å². The van der Waals surface area contributed by atoms with E-state index in [4.69, 9.17) is 0 Å². The summed E-state index contributed by atoms with van der Waals surface area (Å²) in [5.74, 6) is 0.567. The lowest BCUT2D eigenvalue weighted by Gasteiger charge is -2.13. The molecule has 0 spiro atoms. The Morgan fingerprint density at radius 2 is 2.22 bits per heavy atom. The average molecular weight is 127 g/mol. The van der Waals surface area contributed by atoms with Crippen LogP contribution in [0.15, 0.2) is 0 Å². The smallest absolute Gasteiger partial charge is 0.0690 e. The third-order valence-electron chi connectivity index (χ3n) is 2.58. The lowest BCUT2D eigenvalue weighted by atomic mass is 10.00. The first kappa shape index (κ1) is 5.69. The Labute approximate surface area is 55.3 Å². The molecule has 52 valence electrons. The van der Waals surface area contributed by atoms with Crippen LogP contribution < -0.4 is 5.32 Å². The molecular formula is C7H13NO. The molecule has 1 saturated carbocycles. The van der Waals surface area contributed by atoms with Gasteiger partial charge in [-0.1, -0.05) is 0 Å². The van der Waals surface area contributed by atoms with E-state index in [1.807, 2.05) is 0 Å². The van der Waals surface area contributed by atoms with Crippen LogP contribution in [0.2, 0.25) is 0 Å². The van der Waals surface area contributed by atoms with E-state index < -0.39 is 0 Å². The van der Waals surface area contributed by atoms with Gasteiger partial charge in [-0.25, -0.2) is 0 Å². The van der Waals surface area contributed by atoms with Crippen LogP contribution in [0.4, 0.5) is 0 Å². The molecule has 2 fully saturated rings. The van der Waals surface area contributed by atoms with Crippen molar-refractivity contribution in [1.29, 1.82) is 0 Å². The Hall–Kier alpha value is -0.0800. The highest BCUT2D eigenvalue weighted by molar-refractivity contribution is 5.01. The van der Waals surface area contributed by atoms with Gasteiger partial charge in [0.25, 0.3) is 0 Å². The first-order valence-corrected chi connectivity index (χ1v) is 3.74. The number of nitrogens with one attached hydrogen (secondary N) is 1. The molecular weight excluding hydrogens is 114 g/mol. The van der Waals surface area contributed by atoms with E-state index in [0.29, 0.717) is 5.92 Å². The van der Waals surface area contributed by atoms with E-state index >= 15 is 0 Å². The van der Waals surface area contributed by atoms with E-state index in [-0.39, 0.29) is 5.60 Å². The fourth-order valence-corrected chi connectivity index (χ4v) is 1.65. The van der Waals surface area contributed by atoms with Gasteiger partial charge in [0.15, 0.2) is 0 Å². The molecule has 0 aromatic carbocycles. The third-order valence-corrected chi connectivity index (χ3v) is 2.58. The van der Waals surface area contributed by atoms with Crippen LogP contribution in [0, 0.1) is 5.92 Å². The molecule has 2 nitrogen and oxygen atoms in total. The molecule has 2 N–H and O–H groups in total. The van der Waals surface area contributed by atoms with Gasteiger partial charge in [-0.2, -0.15) is 0 Å². The SMILES string of the molecule is OC1([C@@H]2CCNC2)CC1. The predicted octanol–water partition coefficient (Wildman–Crippen LogP) is 0.121. The highest BCUT2D eigenvalue weighted by Gasteiger charge is 2.48. The Morgan fingerprint density at radius 3 is 2.67 bits per heavy atom. The van der Waals surface area contributed by atoms with E-state index in [1.165, 1.54) is 6.42 Å². The largest absolute Gasteiger partial charge is 0.390 e. The number of hydrogen-bond donors (Lipinski definition) is 2. The topological polar surface area (TPSA) is 32.3 Å². The highest BCUT2D eigenvalue weighted by atomic mass is 16.3. The van der Waals surface area contributed by atoms with Crippen molar-refractivity contribution >= 4 is 0 Å². The summed E-state index contributed by atoms with van der Waals surface area (Å²) in [4.78, 5) is 0. The van der Waals surface area contributed by atoms with E-state index in [2.05, 4.69) is 5.32 Å². The molecule has 1 saturated heterocycles. The quantitative estimate of drug-likeness (QED) is 0.524. The van der Waals surface area contributed by atoms with Crippen molar-refractivity contribution in [3.8, 4) is 0 Å². The fraction of sp³-hybridized carbons (Fsp3) is 1.00. The summed E-state index contributed by atoms with van der Waals surface area (Å²) in [5.41, 5.74) is -0.233. The summed E-state index contributed by atoms with van der Waals surface area (Å²) in [6.07, 6.45) is 3.26. The van der Waals surface area contributed by atoms with Gasteiger partial charge in [0.05, 0.1) is 5.60 Å². The monoisotopic (exact) mass is 127 g/mol. The lowest BCUT2D eigenvalue weighted by Crippen LogP contribution is -2.23. The maximum absolute atomic E-state index is 9.59. The second kappa shape index (κ2) is 1.70. The molecule has 0 bridgehead atoms. The van der Waals surface area contributed by atoms with Crippen LogP contribution in [-0.4, -0.2) is 23.8 Å². The van der Waals surface area contributed by atoms with E-state index in [1.54, 1.807) is 0 Å². The minimum Gasteiger partial charge on any atom is -0.390 e. The van der Waals surface area contributed by atoms with Gasteiger partial charge >= 0.3 is 0 Å². The van der Waals surface area contributed by atoms with Gasteiger partial charge in [0.1, 0.15) is 0 Å². The summed E-state index contributed by atoms with van der Waals surface area (Å²) in [6, 6.07) is 0. The second-order valence-electron chi connectivity index (χ2n) is 3.29. The third kappa shape index (κ3) is 0.864. The van der Waals surface area contributed by atoms with Gasteiger partial charge in [-0.15, -0.1) is 0 Å². The molecule has 1 aliphatic carbocycles. The van der Waals surface area contributed by atoms with Crippen LogP contribution in [0.5, 0.6) is 0 Å². The van der Waals surface area contributed by atoms with Gasteiger partial charge < -0.3 is 10.4 Å². The minimum atomic E-state index is -0.233. The Balaban J connectivity index is 1.97. The molecule has 0 aromatic heterocycles. The molecule has 0 amide bonds. The van der Waals surface area contributed by atoms with Crippen LogP contribution in [0.25, 0.3) is 0 Å². The molecule has 9 heavy (non-hydrogen) atoms. The molecule has 2 rings (SSSR count). The first-order chi connectivity index (χ1) is 4.31. The molecule has 2 aliphatic rings. The van der Waals surface area contributed by atoms with Crippen molar-refractivity contribution in [2.24, 2.45) is 5.92 Å². The maximum Gasteiger partial charge on any atom is 0.0690 e. The van der Waals surface area contributed by atoms with Crippen molar-refractivity contribution in [1.82, 2.24) is 5.32 Å². The molecule has 2 heteroatoms. The first-order valence-electron chi connectivity index (χ1n) is 3.74. The molecule has 1 aliphatic heterocycles. The molecule has 1 atom stereocenters. The zero-order valence-corrected chi connectivity index (χ0v) is 5.56. The summed E-state index contributed by atoms with van der Waals surface area (Å²) in [7, 11) is 0. The van der Waals surface area contributed by atoms with Crippen LogP contribution in [0.3, 0.4) is 0 Å². The van der Waals surface area contributed by atoms with E-state index in [9.17, 15) is 5.11 Å². The van der Waals surface area contributed by atoms with Crippen molar-refractivity contribution in [2.45, 2.75) is 24.9 Å². The average Bonchev–Trinajstić information content (AvgIpc) is 2.46. The zero-order valence-electron chi connectivity index (χ0n) is 5.56. The molecule has 0 radical (unpaired) electrons. The van der Waals surface area contributed by atoms with Gasteiger partial charge in [-0.3, -0.25) is 0 Å². The summed E-state index contributed by atoms with van der Waals surface area (Å²) < 4.78 is 0. The van der Waals surface area contributed by atoms with E-state index in [0.717, 1.165) is 25.9 Å². The summed E-state index contributed by atoms with van der Waals surface area (Å²) in [6.45, 7) is 2.14. The van der Waals surface area contributed by atoms with Crippen LogP contribution in [0.1, 0.15) is 19.3 Å². The van der Waals surface area contributed by atoms with Crippen LogP contribution in [-0.2, 0) is 0 Å². The minimum absolute atomic E-state index is 0.233. The zero-order chi connectivity index (χ0) is 6.32. The number of rotatable bonds is 1. The number of aliphatic hydroxyl groups is 1. The van der Waals surface area contributed by atoms with Crippen molar-refractivity contribution in [3.63, 3.8) is 0 Å². The van der Waals surface area contributed by atoms with Crippen molar-refractivity contribution < 1.29 is 5.11 Å². The fourth-order valence-electron chi connectivity index (χ4n) is 1.65. The molecule has 0 aromatic rings.